The molecule has 0 fully saturated rings. The Balaban J connectivity index is 0.00000196. The fraction of sp³-hybridized carbons (Fsp3) is 0.400. The van der Waals surface area contributed by atoms with Gasteiger partial charge < -0.3 is 15.6 Å². The van der Waals surface area contributed by atoms with E-state index in [9.17, 15) is 0 Å². The Morgan fingerprint density at radius 2 is 2.20 bits per heavy atom. The Bertz CT molecular complexity index is 307. The maximum Gasteiger partial charge on any atom is 0.137 e. The summed E-state index contributed by atoms with van der Waals surface area (Å²) in [6, 6.07) is 5.20. The number of aliphatic hydroxyl groups is 1. The summed E-state index contributed by atoms with van der Waals surface area (Å²) in [6.45, 7) is 0.0755. The zero-order valence-corrected chi connectivity index (χ0v) is 10.0. The van der Waals surface area contributed by atoms with Crippen molar-refractivity contribution < 1.29 is 9.84 Å². The van der Waals surface area contributed by atoms with Gasteiger partial charge in [0.2, 0.25) is 0 Å². The molecule has 0 aliphatic rings. The molecule has 1 aromatic rings. The zero-order chi connectivity index (χ0) is 10.6. The van der Waals surface area contributed by atoms with E-state index in [2.05, 4.69) is 0 Å². The third-order valence-corrected chi connectivity index (χ3v) is 2.36. The van der Waals surface area contributed by atoms with Gasteiger partial charge in [-0.25, -0.2) is 0 Å². The lowest BCUT2D eigenvalue weighted by molar-refractivity contribution is 0.276. The highest BCUT2D eigenvalue weighted by Crippen LogP contribution is 2.27. The summed E-state index contributed by atoms with van der Waals surface area (Å²) in [7, 11) is 1.56. The van der Waals surface area contributed by atoms with Gasteiger partial charge in [0.25, 0.3) is 0 Å². The lowest BCUT2D eigenvalue weighted by atomic mass is 10.1. The van der Waals surface area contributed by atoms with Crippen LogP contribution in [0.5, 0.6) is 5.75 Å². The highest BCUT2D eigenvalue weighted by atomic mass is 35.5. The van der Waals surface area contributed by atoms with E-state index >= 15 is 0 Å². The quantitative estimate of drug-likeness (QED) is 0.863. The van der Waals surface area contributed by atoms with Crippen molar-refractivity contribution in [3.63, 3.8) is 0 Å². The standard InChI is InChI=1S/C10H14ClNO2.ClH/c1-14-10-6-7(2-3-8(10)11)9(12)4-5-13;/h2-3,6,9,13H,4-5,12H2,1H3;1H/t9-;/m1./s1. The van der Waals surface area contributed by atoms with Crippen LogP contribution < -0.4 is 10.5 Å². The first-order valence-electron chi connectivity index (χ1n) is 4.39. The number of halogens is 2. The van der Waals surface area contributed by atoms with Gasteiger partial charge in [0, 0.05) is 12.6 Å². The predicted molar refractivity (Wildman–Crippen MR) is 63.9 cm³/mol. The molecular weight excluding hydrogens is 237 g/mol. The van der Waals surface area contributed by atoms with Gasteiger partial charge in [-0.1, -0.05) is 17.7 Å². The van der Waals surface area contributed by atoms with Crippen molar-refractivity contribution in [2.75, 3.05) is 13.7 Å². The molecule has 0 unspecified atom stereocenters. The van der Waals surface area contributed by atoms with Crippen molar-refractivity contribution in [2.24, 2.45) is 5.73 Å². The summed E-state index contributed by atoms with van der Waals surface area (Å²) >= 11 is 5.86. The van der Waals surface area contributed by atoms with Crippen LogP contribution in [-0.4, -0.2) is 18.8 Å². The molecule has 0 radical (unpaired) electrons. The number of methoxy groups -OCH3 is 1. The second-order valence-corrected chi connectivity index (χ2v) is 3.42. The fourth-order valence-electron chi connectivity index (χ4n) is 1.21. The molecule has 1 rings (SSSR count). The number of hydrogen-bond acceptors (Lipinski definition) is 3. The van der Waals surface area contributed by atoms with Gasteiger partial charge in [-0.3, -0.25) is 0 Å². The third-order valence-electron chi connectivity index (χ3n) is 2.04. The van der Waals surface area contributed by atoms with Crippen LogP contribution in [0.1, 0.15) is 18.0 Å². The van der Waals surface area contributed by atoms with E-state index in [0.717, 1.165) is 5.56 Å². The normalized spacial score (nSPS) is 11.7. The van der Waals surface area contributed by atoms with Crippen molar-refractivity contribution >= 4 is 24.0 Å². The van der Waals surface area contributed by atoms with Crippen molar-refractivity contribution in [3.8, 4) is 5.75 Å². The molecule has 0 spiro atoms. The predicted octanol–water partition coefficient (Wildman–Crippen LogP) is 2.15. The van der Waals surface area contributed by atoms with Crippen molar-refractivity contribution in [2.45, 2.75) is 12.5 Å². The maximum absolute atomic E-state index is 8.74. The molecule has 0 amide bonds. The van der Waals surface area contributed by atoms with Crippen LogP contribution in [0, 0.1) is 0 Å². The van der Waals surface area contributed by atoms with Crippen LogP contribution in [0.2, 0.25) is 5.02 Å². The van der Waals surface area contributed by atoms with E-state index in [4.69, 9.17) is 27.2 Å². The van der Waals surface area contributed by atoms with E-state index in [0.29, 0.717) is 17.2 Å². The van der Waals surface area contributed by atoms with Gasteiger partial charge in [-0.05, 0) is 24.1 Å². The number of ether oxygens (including phenoxy) is 1. The molecule has 0 saturated carbocycles. The summed E-state index contributed by atoms with van der Waals surface area (Å²) in [4.78, 5) is 0. The molecule has 3 nitrogen and oxygen atoms in total. The average molecular weight is 252 g/mol. The molecule has 15 heavy (non-hydrogen) atoms. The molecular formula is C10H15Cl2NO2. The molecule has 1 aromatic carbocycles. The minimum absolute atomic E-state index is 0. The summed E-state index contributed by atoms with van der Waals surface area (Å²) < 4.78 is 5.06. The van der Waals surface area contributed by atoms with Gasteiger partial charge in [0.15, 0.2) is 0 Å². The van der Waals surface area contributed by atoms with E-state index in [1.807, 2.05) is 6.07 Å². The molecule has 86 valence electrons. The highest BCUT2D eigenvalue weighted by molar-refractivity contribution is 6.32. The Hall–Kier alpha value is -0.480. The molecule has 3 N–H and O–H groups in total. The molecule has 0 bridgehead atoms. The zero-order valence-electron chi connectivity index (χ0n) is 8.44. The average Bonchev–Trinajstić information content (AvgIpc) is 2.19. The largest absolute Gasteiger partial charge is 0.495 e. The summed E-state index contributed by atoms with van der Waals surface area (Å²) in [6.07, 6.45) is 0.533. The summed E-state index contributed by atoms with van der Waals surface area (Å²) in [5.74, 6) is 0.609. The first-order valence-corrected chi connectivity index (χ1v) is 4.76. The number of aliphatic hydroxyl groups excluding tert-OH is 1. The van der Waals surface area contributed by atoms with Gasteiger partial charge in [-0.15, -0.1) is 12.4 Å². The Labute approximate surface area is 101 Å². The first-order chi connectivity index (χ1) is 6.69. The molecule has 0 saturated heterocycles. The molecule has 5 heteroatoms. The monoisotopic (exact) mass is 251 g/mol. The molecule has 1 atom stereocenters. The Morgan fingerprint density at radius 3 is 2.73 bits per heavy atom. The van der Waals surface area contributed by atoms with Crippen LogP contribution in [0.4, 0.5) is 0 Å². The van der Waals surface area contributed by atoms with Crippen LogP contribution in [0.15, 0.2) is 18.2 Å². The number of rotatable bonds is 4. The summed E-state index contributed by atoms with van der Waals surface area (Å²) in [5, 5.41) is 9.30. The number of nitrogens with two attached hydrogens (primary N) is 1. The van der Waals surface area contributed by atoms with E-state index in [-0.39, 0.29) is 25.1 Å². The Kier molecular flexibility index (Phi) is 6.68. The molecule has 0 aliphatic heterocycles. The van der Waals surface area contributed by atoms with Gasteiger partial charge >= 0.3 is 0 Å². The van der Waals surface area contributed by atoms with Crippen LogP contribution >= 0.6 is 24.0 Å². The SMILES string of the molecule is COc1cc([C@H](N)CCO)ccc1Cl.Cl. The smallest absolute Gasteiger partial charge is 0.137 e. The highest BCUT2D eigenvalue weighted by Gasteiger charge is 2.08. The van der Waals surface area contributed by atoms with Crippen molar-refractivity contribution in [3.05, 3.63) is 28.8 Å². The topological polar surface area (TPSA) is 55.5 Å². The minimum atomic E-state index is -0.175. The van der Waals surface area contributed by atoms with Gasteiger partial charge in [0.1, 0.15) is 5.75 Å². The van der Waals surface area contributed by atoms with E-state index < -0.39 is 0 Å². The second-order valence-electron chi connectivity index (χ2n) is 3.01. The van der Waals surface area contributed by atoms with Crippen molar-refractivity contribution in [1.82, 2.24) is 0 Å². The first kappa shape index (κ1) is 14.5. The minimum Gasteiger partial charge on any atom is -0.495 e. The van der Waals surface area contributed by atoms with Crippen LogP contribution in [0.25, 0.3) is 0 Å². The summed E-state index contributed by atoms with van der Waals surface area (Å²) in [5.41, 5.74) is 6.74. The molecule has 0 heterocycles. The van der Waals surface area contributed by atoms with Crippen LogP contribution in [0.3, 0.4) is 0 Å². The lowest BCUT2D eigenvalue weighted by Crippen LogP contribution is -2.11. The number of hydrogen-bond donors (Lipinski definition) is 2. The third kappa shape index (κ3) is 3.87. The molecule has 0 aromatic heterocycles. The van der Waals surface area contributed by atoms with Gasteiger partial charge in [0.05, 0.1) is 12.1 Å². The van der Waals surface area contributed by atoms with Crippen LogP contribution in [-0.2, 0) is 0 Å². The second kappa shape index (κ2) is 6.90. The van der Waals surface area contributed by atoms with E-state index in [1.165, 1.54) is 0 Å². The lowest BCUT2D eigenvalue weighted by Gasteiger charge is -2.12. The van der Waals surface area contributed by atoms with E-state index in [1.54, 1.807) is 19.2 Å². The van der Waals surface area contributed by atoms with Crippen molar-refractivity contribution in [1.29, 1.82) is 0 Å². The fourth-order valence-corrected chi connectivity index (χ4v) is 1.41. The number of benzene rings is 1. The Morgan fingerprint density at radius 1 is 1.53 bits per heavy atom. The maximum atomic E-state index is 8.74. The molecule has 0 aliphatic carbocycles. The van der Waals surface area contributed by atoms with Gasteiger partial charge in [-0.2, -0.15) is 0 Å².